The average Bonchev–Trinajstić information content (AvgIpc) is 2.73. The molecule has 0 bridgehead atoms. The van der Waals surface area contributed by atoms with Crippen LogP contribution in [-0.2, 0) is 4.79 Å². The molecule has 146 valence electrons. The molecule has 0 saturated heterocycles. The van der Waals surface area contributed by atoms with Gasteiger partial charge in [0.1, 0.15) is 5.75 Å². The van der Waals surface area contributed by atoms with Gasteiger partial charge in [-0.05, 0) is 42.3 Å². The number of unbranched alkanes of at least 4 members (excludes halogenated alkanes) is 1. The van der Waals surface area contributed by atoms with E-state index < -0.39 is 5.91 Å². The molecule has 0 heterocycles. The Balaban J connectivity index is 1.69. The molecule has 0 fully saturated rings. The highest BCUT2D eigenvalue weighted by atomic mass is 16.5. The zero-order chi connectivity index (χ0) is 20.0. The Morgan fingerprint density at radius 3 is 2.54 bits per heavy atom. The van der Waals surface area contributed by atoms with E-state index in [1.165, 1.54) is 6.21 Å². The molecule has 28 heavy (non-hydrogen) atoms. The maximum atomic E-state index is 12.1. The molecule has 0 aliphatic carbocycles. The lowest BCUT2D eigenvalue weighted by Gasteiger charge is -2.07. The van der Waals surface area contributed by atoms with Crippen molar-refractivity contribution in [2.75, 3.05) is 13.2 Å². The van der Waals surface area contributed by atoms with E-state index in [-0.39, 0.29) is 12.5 Å². The van der Waals surface area contributed by atoms with Crippen LogP contribution in [0.5, 0.6) is 5.75 Å². The second-order valence-electron chi connectivity index (χ2n) is 5.99. The Kier molecular flexibility index (Phi) is 9.00. The summed E-state index contributed by atoms with van der Waals surface area (Å²) < 4.78 is 5.55. The van der Waals surface area contributed by atoms with E-state index in [1.807, 2.05) is 36.4 Å². The first-order valence-electron chi connectivity index (χ1n) is 9.23. The van der Waals surface area contributed by atoms with Crippen molar-refractivity contribution < 1.29 is 14.3 Å². The molecule has 0 radical (unpaired) electrons. The number of hydrazone groups is 1. The van der Waals surface area contributed by atoms with Gasteiger partial charge in [0.15, 0.2) is 0 Å². The van der Waals surface area contributed by atoms with Crippen molar-refractivity contribution in [2.45, 2.75) is 19.8 Å². The van der Waals surface area contributed by atoms with Gasteiger partial charge in [-0.1, -0.05) is 49.8 Å². The lowest BCUT2D eigenvalue weighted by atomic mass is 10.2. The number of ether oxygens (including phenoxy) is 1. The Morgan fingerprint density at radius 1 is 1.07 bits per heavy atom. The van der Waals surface area contributed by atoms with E-state index in [0.717, 1.165) is 24.2 Å². The summed E-state index contributed by atoms with van der Waals surface area (Å²) in [4.78, 5) is 23.8. The molecule has 2 amide bonds. The molecule has 0 saturated carbocycles. The Morgan fingerprint density at radius 2 is 1.82 bits per heavy atom. The minimum atomic E-state index is -0.405. The number of allylic oxidation sites excluding steroid dienone is 1. The maximum Gasteiger partial charge on any atom is 0.259 e. The van der Waals surface area contributed by atoms with Gasteiger partial charge in [0.2, 0.25) is 0 Å². The first kappa shape index (κ1) is 20.9. The van der Waals surface area contributed by atoms with Crippen LogP contribution >= 0.6 is 0 Å². The van der Waals surface area contributed by atoms with Gasteiger partial charge in [0, 0.05) is 11.8 Å². The van der Waals surface area contributed by atoms with Crippen molar-refractivity contribution >= 4 is 24.1 Å². The van der Waals surface area contributed by atoms with Gasteiger partial charge in [0.05, 0.1) is 13.2 Å². The molecule has 6 heteroatoms. The van der Waals surface area contributed by atoms with E-state index in [2.05, 4.69) is 22.8 Å². The smallest absolute Gasteiger partial charge is 0.259 e. The number of amides is 2. The Hall–Kier alpha value is -3.41. The minimum absolute atomic E-state index is 0.159. The average molecular weight is 379 g/mol. The highest BCUT2D eigenvalue weighted by molar-refractivity contribution is 5.96. The number of nitrogens with one attached hydrogen (secondary N) is 2. The van der Waals surface area contributed by atoms with Crippen LogP contribution in [0, 0.1) is 0 Å². The van der Waals surface area contributed by atoms with Crippen molar-refractivity contribution in [1.82, 2.24) is 10.7 Å². The molecule has 2 rings (SSSR count). The van der Waals surface area contributed by atoms with E-state index >= 15 is 0 Å². The van der Waals surface area contributed by atoms with Gasteiger partial charge in [-0.15, -0.1) is 0 Å². The molecule has 0 spiro atoms. The fraction of sp³-hybridized carbons (Fsp3) is 0.227. The van der Waals surface area contributed by atoms with Crippen molar-refractivity contribution in [3.05, 3.63) is 71.8 Å². The van der Waals surface area contributed by atoms with Gasteiger partial charge < -0.3 is 10.1 Å². The van der Waals surface area contributed by atoms with Crippen LogP contribution in [0.2, 0.25) is 0 Å². The van der Waals surface area contributed by atoms with E-state index in [9.17, 15) is 9.59 Å². The molecule has 0 aliphatic rings. The summed E-state index contributed by atoms with van der Waals surface area (Å²) in [6.07, 6.45) is 7.12. The zero-order valence-electron chi connectivity index (χ0n) is 15.9. The molecule has 2 aromatic carbocycles. The predicted octanol–water partition coefficient (Wildman–Crippen LogP) is 3.41. The van der Waals surface area contributed by atoms with Crippen LogP contribution in [0.15, 0.2) is 65.8 Å². The normalized spacial score (nSPS) is 10.9. The SMILES string of the molecule is CCCCOc1ccc(C(=O)NCC(=O)NN=CC=Cc2ccccc2)cc1. The fourth-order valence-electron chi connectivity index (χ4n) is 2.21. The summed E-state index contributed by atoms with van der Waals surface area (Å²) >= 11 is 0. The van der Waals surface area contributed by atoms with Gasteiger partial charge in [-0.2, -0.15) is 5.10 Å². The largest absolute Gasteiger partial charge is 0.494 e. The van der Waals surface area contributed by atoms with Gasteiger partial charge >= 0.3 is 0 Å². The highest BCUT2D eigenvalue weighted by Crippen LogP contribution is 2.12. The second-order valence-corrected chi connectivity index (χ2v) is 5.99. The molecule has 0 unspecified atom stereocenters. The molecular formula is C22H25N3O3. The van der Waals surface area contributed by atoms with Gasteiger partial charge in [-0.3, -0.25) is 9.59 Å². The second kappa shape index (κ2) is 12.1. The van der Waals surface area contributed by atoms with Crippen molar-refractivity contribution in [3.8, 4) is 5.75 Å². The third-order valence-electron chi connectivity index (χ3n) is 3.73. The van der Waals surface area contributed by atoms with Crippen molar-refractivity contribution in [2.24, 2.45) is 5.10 Å². The van der Waals surface area contributed by atoms with Gasteiger partial charge in [-0.25, -0.2) is 5.43 Å². The third kappa shape index (κ3) is 7.86. The lowest BCUT2D eigenvalue weighted by Crippen LogP contribution is -2.34. The number of hydrogen-bond acceptors (Lipinski definition) is 4. The Bertz CT molecular complexity index is 800. The number of rotatable bonds is 10. The lowest BCUT2D eigenvalue weighted by molar-refractivity contribution is -0.120. The molecule has 2 aromatic rings. The number of carbonyl (C=O) groups is 2. The predicted molar refractivity (Wildman–Crippen MR) is 111 cm³/mol. The van der Waals surface area contributed by atoms with E-state index in [4.69, 9.17) is 4.74 Å². The summed E-state index contributed by atoms with van der Waals surface area (Å²) in [6.45, 7) is 2.59. The standard InChI is InChI=1S/C22H25N3O3/c1-2-3-16-28-20-13-11-19(12-14-20)22(27)23-17-21(26)25-24-15-7-10-18-8-5-4-6-9-18/h4-15H,2-3,16-17H2,1H3,(H,23,27)(H,25,26). The van der Waals surface area contributed by atoms with Crippen molar-refractivity contribution in [3.63, 3.8) is 0 Å². The maximum absolute atomic E-state index is 12.1. The third-order valence-corrected chi connectivity index (χ3v) is 3.73. The summed E-state index contributed by atoms with van der Waals surface area (Å²) in [5.74, 6) is -0.0129. The van der Waals surface area contributed by atoms with E-state index in [0.29, 0.717) is 12.2 Å². The molecule has 2 N–H and O–H groups in total. The van der Waals surface area contributed by atoms with Crippen molar-refractivity contribution in [1.29, 1.82) is 0 Å². The van der Waals surface area contributed by atoms with Crippen LogP contribution < -0.4 is 15.5 Å². The molecule has 0 aliphatic heterocycles. The Labute approximate surface area is 165 Å². The van der Waals surface area contributed by atoms with Crippen LogP contribution in [-0.4, -0.2) is 31.2 Å². The van der Waals surface area contributed by atoms with Gasteiger partial charge in [0.25, 0.3) is 11.8 Å². The molecule has 0 aromatic heterocycles. The first-order chi connectivity index (χ1) is 13.7. The summed E-state index contributed by atoms with van der Waals surface area (Å²) in [6, 6.07) is 16.6. The topological polar surface area (TPSA) is 79.8 Å². The quantitative estimate of drug-likeness (QED) is 0.377. The molecule has 6 nitrogen and oxygen atoms in total. The number of benzene rings is 2. The fourth-order valence-corrected chi connectivity index (χ4v) is 2.21. The summed E-state index contributed by atoms with van der Waals surface area (Å²) in [5, 5.41) is 6.36. The number of hydrogen-bond donors (Lipinski definition) is 2. The monoisotopic (exact) mass is 379 g/mol. The number of carbonyl (C=O) groups excluding carboxylic acids is 2. The molecular weight excluding hydrogens is 354 g/mol. The molecule has 0 atom stereocenters. The van der Waals surface area contributed by atoms with E-state index in [1.54, 1.807) is 30.3 Å². The van der Waals surface area contributed by atoms with Crippen LogP contribution in [0.3, 0.4) is 0 Å². The van der Waals surface area contributed by atoms with Crippen LogP contribution in [0.1, 0.15) is 35.7 Å². The summed E-state index contributed by atoms with van der Waals surface area (Å²) in [5.41, 5.74) is 3.86. The summed E-state index contributed by atoms with van der Waals surface area (Å²) in [7, 11) is 0. The first-order valence-corrected chi connectivity index (χ1v) is 9.23. The zero-order valence-corrected chi connectivity index (χ0v) is 15.9. The minimum Gasteiger partial charge on any atom is -0.494 e. The van der Waals surface area contributed by atoms with Crippen LogP contribution in [0.4, 0.5) is 0 Å². The highest BCUT2D eigenvalue weighted by Gasteiger charge is 2.07. The number of nitrogens with zero attached hydrogens (tertiary/aromatic N) is 1. The van der Waals surface area contributed by atoms with Crippen LogP contribution in [0.25, 0.3) is 6.08 Å².